The first-order chi connectivity index (χ1) is 12.9. The lowest BCUT2D eigenvalue weighted by Crippen LogP contribution is -2.10. The van der Waals surface area contributed by atoms with Gasteiger partial charge in [-0.15, -0.1) is 0 Å². The monoisotopic (exact) mass is 391 g/mol. The van der Waals surface area contributed by atoms with Crippen LogP contribution in [-0.2, 0) is 4.79 Å². The fraction of sp³-hybridized carbons (Fsp3) is 0.158. The topological polar surface area (TPSA) is 88.8 Å². The van der Waals surface area contributed by atoms with E-state index < -0.39 is 11.5 Å². The van der Waals surface area contributed by atoms with Crippen molar-refractivity contribution < 1.29 is 28.5 Å². The van der Waals surface area contributed by atoms with E-state index in [9.17, 15) is 9.18 Å². The molecule has 8 heteroatoms. The van der Waals surface area contributed by atoms with Gasteiger partial charge in [-0.2, -0.15) is 5.26 Å². The van der Waals surface area contributed by atoms with Gasteiger partial charge in [0.1, 0.15) is 36.4 Å². The minimum atomic E-state index is -1.34. The lowest BCUT2D eigenvalue weighted by atomic mass is 10.1. The van der Waals surface area contributed by atoms with Gasteiger partial charge in [0.25, 0.3) is 0 Å². The summed E-state index contributed by atoms with van der Waals surface area (Å²) < 4.78 is 29.1. The molecule has 2 aromatic carbocycles. The molecule has 0 aromatic heterocycles. The first-order valence-corrected chi connectivity index (χ1v) is 8.06. The largest absolute Gasteiger partial charge is 0.493 e. The third-order valence-electron chi connectivity index (χ3n) is 3.33. The number of rotatable bonds is 8. The lowest BCUT2D eigenvalue weighted by Gasteiger charge is -2.14. The molecule has 0 heterocycles. The summed E-state index contributed by atoms with van der Waals surface area (Å²) in [4.78, 5) is 10.9. The number of carboxylic acids is 1. The molecule has 0 aliphatic heterocycles. The average molecular weight is 392 g/mol. The first kappa shape index (κ1) is 20.1. The number of methoxy groups -OCH3 is 1. The van der Waals surface area contributed by atoms with E-state index in [1.165, 1.54) is 49.6 Å². The van der Waals surface area contributed by atoms with Crippen molar-refractivity contribution in [3.8, 4) is 23.3 Å². The zero-order valence-corrected chi connectivity index (χ0v) is 15.0. The van der Waals surface area contributed by atoms with E-state index in [1.54, 1.807) is 6.07 Å². The van der Waals surface area contributed by atoms with Crippen LogP contribution in [0.1, 0.15) is 5.56 Å². The molecule has 140 valence electrons. The normalized spacial score (nSPS) is 10.8. The molecule has 0 spiro atoms. The number of ether oxygens (including phenoxy) is 3. The van der Waals surface area contributed by atoms with Crippen molar-refractivity contribution in [1.29, 1.82) is 5.26 Å². The predicted molar refractivity (Wildman–Crippen MR) is 96.6 cm³/mol. The van der Waals surface area contributed by atoms with Crippen molar-refractivity contribution in [3.05, 3.63) is 58.4 Å². The quantitative estimate of drug-likeness (QED) is 0.416. The minimum absolute atomic E-state index is 0.140. The Kier molecular flexibility index (Phi) is 7.03. The third-order valence-corrected chi connectivity index (χ3v) is 3.61. The SMILES string of the molecule is COc1cc(C=C(C#N)C(=O)O)cc(Cl)c1OCCOc1ccc(F)cc1. The van der Waals surface area contributed by atoms with Crippen LogP contribution < -0.4 is 14.2 Å². The van der Waals surface area contributed by atoms with E-state index in [4.69, 9.17) is 36.2 Å². The lowest BCUT2D eigenvalue weighted by molar-refractivity contribution is -0.132. The van der Waals surface area contributed by atoms with Crippen LogP contribution in [0, 0.1) is 17.1 Å². The molecule has 0 fully saturated rings. The zero-order chi connectivity index (χ0) is 19.8. The van der Waals surface area contributed by atoms with Gasteiger partial charge < -0.3 is 19.3 Å². The van der Waals surface area contributed by atoms with Crippen molar-refractivity contribution in [3.63, 3.8) is 0 Å². The van der Waals surface area contributed by atoms with Crippen molar-refractivity contribution in [2.24, 2.45) is 0 Å². The van der Waals surface area contributed by atoms with Gasteiger partial charge in [0, 0.05) is 0 Å². The number of nitrogens with zero attached hydrogens (tertiary/aromatic N) is 1. The van der Waals surface area contributed by atoms with Crippen LogP contribution in [0.25, 0.3) is 6.08 Å². The van der Waals surface area contributed by atoms with Gasteiger partial charge in [0.15, 0.2) is 11.5 Å². The summed E-state index contributed by atoms with van der Waals surface area (Å²) in [5.41, 5.74) is -0.0554. The molecule has 0 bridgehead atoms. The maximum absolute atomic E-state index is 12.8. The zero-order valence-electron chi connectivity index (χ0n) is 14.2. The Labute approximate surface area is 160 Å². The number of carbonyl (C=O) groups is 1. The number of benzene rings is 2. The molecule has 0 atom stereocenters. The molecule has 0 radical (unpaired) electrons. The van der Waals surface area contributed by atoms with Gasteiger partial charge in [-0.05, 0) is 48.0 Å². The van der Waals surface area contributed by atoms with E-state index >= 15 is 0 Å². The summed E-state index contributed by atoms with van der Waals surface area (Å²) in [5, 5.41) is 17.9. The average Bonchev–Trinajstić information content (AvgIpc) is 2.65. The highest BCUT2D eigenvalue weighted by molar-refractivity contribution is 6.32. The Morgan fingerprint density at radius 2 is 1.93 bits per heavy atom. The molecule has 2 aromatic rings. The molecule has 0 amide bonds. The molecule has 27 heavy (non-hydrogen) atoms. The molecule has 1 N–H and O–H groups in total. The Bertz CT molecular complexity index is 890. The number of hydrogen-bond acceptors (Lipinski definition) is 5. The number of aliphatic carboxylic acids is 1. The van der Waals surface area contributed by atoms with Crippen LogP contribution in [0.15, 0.2) is 42.0 Å². The highest BCUT2D eigenvalue weighted by Crippen LogP contribution is 2.37. The van der Waals surface area contributed by atoms with Gasteiger partial charge in [0.2, 0.25) is 0 Å². The molecule has 2 rings (SSSR count). The fourth-order valence-electron chi connectivity index (χ4n) is 2.11. The van der Waals surface area contributed by atoms with Crippen LogP contribution in [-0.4, -0.2) is 31.4 Å². The van der Waals surface area contributed by atoms with Crippen LogP contribution in [0.5, 0.6) is 17.2 Å². The fourth-order valence-corrected chi connectivity index (χ4v) is 2.38. The molecule has 0 saturated carbocycles. The van der Waals surface area contributed by atoms with E-state index in [2.05, 4.69) is 0 Å². The van der Waals surface area contributed by atoms with Gasteiger partial charge in [-0.1, -0.05) is 11.6 Å². The molecule has 0 unspecified atom stereocenters. The Hall–Kier alpha value is -3.24. The highest BCUT2D eigenvalue weighted by Gasteiger charge is 2.13. The molecule has 0 aliphatic rings. The second-order valence-electron chi connectivity index (χ2n) is 5.16. The molecule has 6 nitrogen and oxygen atoms in total. The number of nitriles is 1. The smallest absolute Gasteiger partial charge is 0.346 e. The molecule has 0 aliphatic carbocycles. The summed E-state index contributed by atoms with van der Waals surface area (Å²) in [6.07, 6.45) is 1.18. The Morgan fingerprint density at radius 1 is 1.26 bits per heavy atom. The maximum Gasteiger partial charge on any atom is 0.346 e. The minimum Gasteiger partial charge on any atom is -0.493 e. The number of halogens is 2. The second-order valence-corrected chi connectivity index (χ2v) is 5.57. The molecular formula is C19H15ClFNO5. The van der Waals surface area contributed by atoms with Crippen LogP contribution in [0.2, 0.25) is 5.02 Å². The first-order valence-electron chi connectivity index (χ1n) is 7.68. The standard InChI is InChI=1S/C19H15ClFNO5/c1-25-17-10-12(8-13(11-22)19(23)24)9-16(20)18(17)27-7-6-26-15-4-2-14(21)3-5-15/h2-5,8-10H,6-7H2,1H3,(H,23,24). The second kappa shape index (κ2) is 9.46. The van der Waals surface area contributed by atoms with Crippen LogP contribution in [0.3, 0.4) is 0 Å². The maximum atomic E-state index is 12.8. The van der Waals surface area contributed by atoms with Crippen molar-refractivity contribution >= 4 is 23.6 Å². The van der Waals surface area contributed by atoms with Crippen LogP contribution >= 0.6 is 11.6 Å². The summed E-state index contributed by atoms with van der Waals surface area (Å²) >= 11 is 6.19. The third kappa shape index (κ3) is 5.62. The highest BCUT2D eigenvalue weighted by atomic mass is 35.5. The van der Waals surface area contributed by atoms with Crippen molar-refractivity contribution in [2.75, 3.05) is 20.3 Å². The summed E-state index contributed by atoms with van der Waals surface area (Å²) in [7, 11) is 1.41. The summed E-state index contributed by atoms with van der Waals surface area (Å²) in [6, 6.07) is 10.1. The van der Waals surface area contributed by atoms with E-state index in [1.807, 2.05) is 0 Å². The molecular weight excluding hydrogens is 377 g/mol. The van der Waals surface area contributed by atoms with E-state index in [0.717, 1.165) is 0 Å². The van der Waals surface area contributed by atoms with E-state index in [-0.39, 0.29) is 35.6 Å². The Morgan fingerprint density at radius 3 is 2.52 bits per heavy atom. The van der Waals surface area contributed by atoms with E-state index in [0.29, 0.717) is 11.3 Å². The number of carboxylic acid groups (broad SMARTS) is 1. The van der Waals surface area contributed by atoms with Crippen molar-refractivity contribution in [2.45, 2.75) is 0 Å². The van der Waals surface area contributed by atoms with Gasteiger partial charge in [0.05, 0.1) is 12.1 Å². The van der Waals surface area contributed by atoms with Gasteiger partial charge in [-0.3, -0.25) is 0 Å². The Balaban J connectivity index is 2.07. The van der Waals surface area contributed by atoms with Crippen LogP contribution in [0.4, 0.5) is 4.39 Å². The van der Waals surface area contributed by atoms with Crippen molar-refractivity contribution in [1.82, 2.24) is 0 Å². The molecule has 0 saturated heterocycles. The van der Waals surface area contributed by atoms with Gasteiger partial charge in [-0.25, -0.2) is 9.18 Å². The summed E-state index contributed by atoms with van der Waals surface area (Å²) in [6.45, 7) is 0.325. The van der Waals surface area contributed by atoms with Gasteiger partial charge >= 0.3 is 5.97 Å². The number of hydrogen-bond donors (Lipinski definition) is 1. The predicted octanol–water partition coefficient (Wildman–Crippen LogP) is 3.94. The summed E-state index contributed by atoms with van der Waals surface area (Å²) in [5.74, 6) is -0.667.